The Bertz CT molecular complexity index is 576. The minimum Gasteiger partial charge on any atom is -0.370 e. The van der Waals surface area contributed by atoms with Crippen molar-refractivity contribution in [1.29, 1.82) is 0 Å². The fraction of sp³-hybridized carbons (Fsp3) is 0.643. The molecule has 23 heavy (non-hydrogen) atoms. The molecule has 1 aliphatic heterocycles. The highest BCUT2D eigenvalue weighted by Gasteiger charge is 2.35. The number of rotatable bonds is 5. The summed E-state index contributed by atoms with van der Waals surface area (Å²) in [6, 6.07) is 0. The second-order valence-corrected chi connectivity index (χ2v) is 5.49. The Morgan fingerprint density at radius 2 is 2.13 bits per heavy atom. The SMILES string of the molecule is CCCCNc1nc(N)nc2c1CN(C(=O)CC(F)(F)F)CC2. The van der Waals surface area contributed by atoms with E-state index >= 15 is 0 Å². The van der Waals surface area contributed by atoms with Gasteiger partial charge in [-0.1, -0.05) is 13.3 Å². The summed E-state index contributed by atoms with van der Waals surface area (Å²) in [4.78, 5) is 21.2. The van der Waals surface area contributed by atoms with Gasteiger partial charge in [-0.25, -0.2) is 4.98 Å². The Kier molecular flexibility index (Phi) is 5.27. The topological polar surface area (TPSA) is 84.1 Å². The molecule has 128 valence electrons. The summed E-state index contributed by atoms with van der Waals surface area (Å²) in [6.45, 7) is 2.99. The lowest BCUT2D eigenvalue weighted by molar-refractivity contribution is -0.162. The molecule has 0 unspecified atom stereocenters. The first kappa shape index (κ1) is 17.3. The Balaban J connectivity index is 2.16. The molecule has 0 aromatic carbocycles. The molecule has 2 heterocycles. The zero-order chi connectivity index (χ0) is 17.0. The normalized spacial score (nSPS) is 14.5. The third kappa shape index (κ3) is 4.70. The maximum absolute atomic E-state index is 12.4. The standard InChI is InChI=1S/C14H20F3N5O/c1-2-3-5-19-12-9-8-22(11(23)7-14(15,16)17)6-4-10(9)20-13(18)21-12/h2-8H2,1H3,(H3,18,19,20,21). The van der Waals surface area contributed by atoms with Gasteiger partial charge in [-0.2, -0.15) is 18.2 Å². The van der Waals surface area contributed by atoms with E-state index in [2.05, 4.69) is 15.3 Å². The number of nitrogens with one attached hydrogen (secondary N) is 1. The number of nitrogen functional groups attached to an aromatic ring is 1. The Morgan fingerprint density at radius 1 is 1.39 bits per heavy atom. The van der Waals surface area contributed by atoms with E-state index in [0.29, 0.717) is 30.0 Å². The molecule has 1 aromatic rings. The number of carbonyl (C=O) groups excluding carboxylic acids is 1. The number of nitrogens with two attached hydrogens (primary N) is 1. The van der Waals surface area contributed by atoms with Gasteiger partial charge in [-0.05, 0) is 6.42 Å². The van der Waals surface area contributed by atoms with Crippen molar-refractivity contribution in [1.82, 2.24) is 14.9 Å². The summed E-state index contributed by atoms with van der Waals surface area (Å²) >= 11 is 0. The first-order valence-electron chi connectivity index (χ1n) is 7.54. The Morgan fingerprint density at radius 3 is 2.78 bits per heavy atom. The zero-order valence-electron chi connectivity index (χ0n) is 12.9. The van der Waals surface area contributed by atoms with E-state index in [9.17, 15) is 18.0 Å². The van der Waals surface area contributed by atoms with E-state index in [4.69, 9.17) is 5.73 Å². The minimum absolute atomic E-state index is 0.0684. The summed E-state index contributed by atoms with van der Waals surface area (Å²) in [5.74, 6) is -0.303. The summed E-state index contributed by atoms with van der Waals surface area (Å²) < 4.78 is 37.2. The first-order valence-corrected chi connectivity index (χ1v) is 7.54. The van der Waals surface area contributed by atoms with Crippen LogP contribution in [0.15, 0.2) is 0 Å². The molecule has 3 N–H and O–H groups in total. The summed E-state index contributed by atoms with van der Waals surface area (Å²) in [5, 5.41) is 3.13. The fourth-order valence-electron chi connectivity index (χ4n) is 2.46. The van der Waals surface area contributed by atoms with Crippen LogP contribution in [0.1, 0.15) is 37.4 Å². The van der Waals surface area contributed by atoms with Crippen LogP contribution in [0.4, 0.5) is 24.9 Å². The van der Waals surface area contributed by atoms with Crippen molar-refractivity contribution >= 4 is 17.7 Å². The van der Waals surface area contributed by atoms with Gasteiger partial charge < -0.3 is 16.0 Å². The van der Waals surface area contributed by atoms with E-state index in [1.165, 1.54) is 4.90 Å². The van der Waals surface area contributed by atoms with Crippen LogP contribution in [-0.4, -0.2) is 40.0 Å². The molecule has 0 bridgehead atoms. The molecule has 0 spiro atoms. The molecular weight excluding hydrogens is 311 g/mol. The molecule has 1 aliphatic rings. The van der Waals surface area contributed by atoms with Crippen LogP contribution in [0.25, 0.3) is 0 Å². The smallest absolute Gasteiger partial charge is 0.370 e. The fourth-order valence-corrected chi connectivity index (χ4v) is 2.46. The predicted molar refractivity (Wildman–Crippen MR) is 79.6 cm³/mol. The van der Waals surface area contributed by atoms with E-state index in [-0.39, 0.29) is 19.0 Å². The summed E-state index contributed by atoms with van der Waals surface area (Å²) in [7, 11) is 0. The maximum atomic E-state index is 12.4. The van der Waals surface area contributed by atoms with Crippen LogP contribution < -0.4 is 11.1 Å². The van der Waals surface area contributed by atoms with E-state index in [0.717, 1.165) is 12.8 Å². The molecule has 0 fully saturated rings. The van der Waals surface area contributed by atoms with Crippen molar-refractivity contribution < 1.29 is 18.0 Å². The number of amides is 1. The number of nitrogens with zero attached hydrogens (tertiary/aromatic N) is 3. The molecule has 0 aliphatic carbocycles. The number of fused-ring (bicyclic) bond motifs is 1. The van der Waals surface area contributed by atoms with Gasteiger partial charge in [0.15, 0.2) is 0 Å². The maximum Gasteiger partial charge on any atom is 0.397 e. The van der Waals surface area contributed by atoms with Crippen molar-refractivity contribution in [3.8, 4) is 0 Å². The van der Waals surface area contributed by atoms with Gasteiger partial charge in [-0.15, -0.1) is 0 Å². The molecular formula is C14H20F3N5O. The highest BCUT2D eigenvalue weighted by atomic mass is 19.4. The number of hydrogen-bond donors (Lipinski definition) is 2. The lowest BCUT2D eigenvalue weighted by atomic mass is 10.1. The van der Waals surface area contributed by atoms with Crippen LogP contribution in [-0.2, 0) is 17.8 Å². The third-order valence-electron chi connectivity index (χ3n) is 3.60. The Labute approximate surface area is 132 Å². The molecule has 1 amide bonds. The number of aromatic nitrogens is 2. The van der Waals surface area contributed by atoms with Crippen LogP contribution in [0.5, 0.6) is 0 Å². The number of alkyl halides is 3. The Hall–Kier alpha value is -2.06. The molecule has 6 nitrogen and oxygen atoms in total. The van der Waals surface area contributed by atoms with Gasteiger partial charge in [0.25, 0.3) is 0 Å². The average molecular weight is 331 g/mol. The molecule has 1 aromatic heterocycles. The molecule has 0 saturated heterocycles. The zero-order valence-corrected chi connectivity index (χ0v) is 12.9. The first-order chi connectivity index (χ1) is 10.8. The molecule has 0 radical (unpaired) electrons. The largest absolute Gasteiger partial charge is 0.397 e. The van der Waals surface area contributed by atoms with Crippen molar-refractivity contribution in [3.63, 3.8) is 0 Å². The minimum atomic E-state index is -4.50. The number of carbonyl (C=O) groups is 1. The second kappa shape index (κ2) is 7.01. The second-order valence-electron chi connectivity index (χ2n) is 5.49. The van der Waals surface area contributed by atoms with Crippen LogP contribution in [0, 0.1) is 0 Å². The van der Waals surface area contributed by atoms with Crippen molar-refractivity contribution in [2.24, 2.45) is 0 Å². The van der Waals surface area contributed by atoms with Crippen molar-refractivity contribution in [2.45, 2.75) is 45.3 Å². The predicted octanol–water partition coefficient (Wildman–Crippen LogP) is 2.11. The third-order valence-corrected chi connectivity index (χ3v) is 3.60. The monoisotopic (exact) mass is 331 g/mol. The van der Waals surface area contributed by atoms with Gasteiger partial charge in [0.2, 0.25) is 11.9 Å². The van der Waals surface area contributed by atoms with Gasteiger partial charge in [0.1, 0.15) is 12.2 Å². The lowest BCUT2D eigenvalue weighted by Gasteiger charge is -2.30. The van der Waals surface area contributed by atoms with Gasteiger partial charge in [-0.3, -0.25) is 4.79 Å². The van der Waals surface area contributed by atoms with E-state index < -0.39 is 18.5 Å². The highest BCUT2D eigenvalue weighted by molar-refractivity contribution is 5.77. The number of unbranched alkanes of at least 4 members (excludes halogenated alkanes) is 1. The number of hydrogen-bond acceptors (Lipinski definition) is 5. The van der Waals surface area contributed by atoms with Crippen molar-refractivity contribution in [2.75, 3.05) is 24.1 Å². The lowest BCUT2D eigenvalue weighted by Crippen LogP contribution is -2.39. The summed E-state index contributed by atoms with van der Waals surface area (Å²) in [5.41, 5.74) is 7.01. The van der Waals surface area contributed by atoms with Crippen molar-refractivity contribution in [3.05, 3.63) is 11.3 Å². The van der Waals surface area contributed by atoms with E-state index in [1.807, 2.05) is 6.92 Å². The van der Waals surface area contributed by atoms with Gasteiger partial charge in [0, 0.05) is 25.1 Å². The van der Waals surface area contributed by atoms with Crippen LogP contribution in [0.3, 0.4) is 0 Å². The molecule has 0 saturated carbocycles. The highest BCUT2D eigenvalue weighted by Crippen LogP contribution is 2.27. The molecule has 0 atom stereocenters. The summed E-state index contributed by atoms with van der Waals surface area (Å²) in [6.07, 6.45) is -3.66. The van der Waals surface area contributed by atoms with Crippen LogP contribution in [0.2, 0.25) is 0 Å². The number of anilines is 2. The number of halogens is 3. The van der Waals surface area contributed by atoms with Gasteiger partial charge >= 0.3 is 6.18 Å². The quantitative estimate of drug-likeness (QED) is 0.807. The van der Waals surface area contributed by atoms with Crippen LogP contribution >= 0.6 is 0 Å². The van der Waals surface area contributed by atoms with Gasteiger partial charge in [0.05, 0.1) is 12.2 Å². The molecule has 2 rings (SSSR count). The van der Waals surface area contributed by atoms with E-state index in [1.54, 1.807) is 0 Å². The molecule has 9 heteroatoms. The average Bonchev–Trinajstić information content (AvgIpc) is 2.45.